The number of carboxylic acid groups (broad SMARTS) is 1. The molecule has 0 spiro atoms. The van der Waals surface area contributed by atoms with Crippen LogP contribution < -0.4 is 0 Å². The fourth-order valence-corrected chi connectivity index (χ4v) is 2.00. The third-order valence-corrected chi connectivity index (χ3v) is 3.36. The molecule has 0 radical (unpaired) electrons. The molecular formula is C14H26N2O3. The van der Waals surface area contributed by atoms with Crippen LogP contribution in [0.15, 0.2) is 0 Å². The molecule has 1 fully saturated rings. The third kappa shape index (κ3) is 5.09. The van der Waals surface area contributed by atoms with Gasteiger partial charge in [-0.05, 0) is 39.0 Å². The Hall–Kier alpha value is -1.26. The number of hydrogen-bond acceptors (Lipinski definition) is 2. The van der Waals surface area contributed by atoms with E-state index in [-0.39, 0.29) is 18.6 Å². The van der Waals surface area contributed by atoms with Crippen molar-refractivity contribution in [1.29, 1.82) is 0 Å². The van der Waals surface area contributed by atoms with E-state index in [0.29, 0.717) is 12.0 Å². The molecule has 0 heterocycles. The Balaban J connectivity index is 2.69. The van der Waals surface area contributed by atoms with E-state index in [9.17, 15) is 9.59 Å². The second-order valence-corrected chi connectivity index (χ2v) is 6.01. The Morgan fingerprint density at radius 3 is 2.16 bits per heavy atom. The Bertz CT molecular complexity index is 325. The van der Waals surface area contributed by atoms with Gasteiger partial charge >= 0.3 is 12.0 Å². The molecule has 0 aromatic heterocycles. The Morgan fingerprint density at radius 2 is 1.79 bits per heavy atom. The Kier molecular flexibility index (Phi) is 5.63. The van der Waals surface area contributed by atoms with Gasteiger partial charge < -0.3 is 14.9 Å². The summed E-state index contributed by atoms with van der Waals surface area (Å²) in [6.07, 6.45) is 3.05. The molecule has 5 heteroatoms. The maximum atomic E-state index is 12.5. The topological polar surface area (TPSA) is 60.9 Å². The highest BCUT2D eigenvalue weighted by Gasteiger charge is 2.35. The highest BCUT2D eigenvalue weighted by Crippen LogP contribution is 2.28. The third-order valence-electron chi connectivity index (χ3n) is 3.36. The Labute approximate surface area is 115 Å². The second kappa shape index (κ2) is 6.78. The minimum Gasteiger partial charge on any atom is -0.480 e. The van der Waals surface area contributed by atoms with Crippen LogP contribution in [0.4, 0.5) is 4.79 Å². The van der Waals surface area contributed by atoms with Crippen molar-refractivity contribution in [1.82, 2.24) is 9.80 Å². The minimum atomic E-state index is -0.957. The predicted octanol–water partition coefficient (Wildman–Crippen LogP) is 2.41. The van der Waals surface area contributed by atoms with Crippen LogP contribution in [0.3, 0.4) is 0 Å². The molecule has 5 nitrogen and oxygen atoms in total. The molecule has 1 rings (SSSR count). The molecule has 1 N–H and O–H groups in total. The number of carbonyl (C=O) groups excluding carboxylic acids is 1. The SMILES string of the molecule is CC(C)CCN(C(=O)N(CC(=O)O)C(C)C)C1CC1. The van der Waals surface area contributed by atoms with E-state index in [1.54, 1.807) is 0 Å². The summed E-state index contributed by atoms with van der Waals surface area (Å²) in [7, 11) is 0. The number of carbonyl (C=O) groups is 2. The number of carboxylic acids is 1. The van der Waals surface area contributed by atoms with Crippen LogP contribution in [-0.4, -0.2) is 52.1 Å². The van der Waals surface area contributed by atoms with E-state index in [1.807, 2.05) is 18.7 Å². The van der Waals surface area contributed by atoms with Crippen LogP contribution in [-0.2, 0) is 4.79 Å². The second-order valence-electron chi connectivity index (χ2n) is 6.01. The maximum absolute atomic E-state index is 12.5. The van der Waals surface area contributed by atoms with Crippen molar-refractivity contribution in [3.05, 3.63) is 0 Å². The zero-order chi connectivity index (χ0) is 14.6. The largest absolute Gasteiger partial charge is 0.480 e. The smallest absolute Gasteiger partial charge is 0.323 e. The van der Waals surface area contributed by atoms with E-state index >= 15 is 0 Å². The van der Waals surface area contributed by atoms with E-state index in [2.05, 4.69) is 13.8 Å². The zero-order valence-electron chi connectivity index (χ0n) is 12.4. The summed E-state index contributed by atoms with van der Waals surface area (Å²) < 4.78 is 0. The molecule has 0 atom stereocenters. The number of rotatable bonds is 7. The van der Waals surface area contributed by atoms with Gasteiger partial charge in [-0.2, -0.15) is 0 Å². The van der Waals surface area contributed by atoms with Crippen molar-refractivity contribution >= 4 is 12.0 Å². The molecule has 0 aromatic carbocycles. The van der Waals surface area contributed by atoms with Crippen LogP contribution in [0.5, 0.6) is 0 Å². The van der Waals surface area contributed by atoms with Crippen molar-refractivity contribution in [2.24, 2.45) is 5.92 Å². The quantitative estimate of drug-likeness (QED) is 0.772. The molecular weight excluding hydrogens is 244 g/mol. The van der Waals surface area contributed by atoms with E-state index < -0.39 is 5.97 Å². The lowest BCUT2D eigenvalue weighted by Gasteiger charge is -2.32. The lowest BCUT2D eigenvalue weighted by molar-refractivity contribution is -0.138. The maximum Gasteiger partial charge on any atom is 0.323 e. The highest BCUT2D eigenvalue weighted by atomic mass is 16.4. The number of urea groups is 1. The van der Waals surface area contributed by atoms with E-state index in [1.165, 1.54) is 4.90 Å². The van der Waals surface area contributed by atoms with Gasteiger partial charge in [-0.1, -0.05) is 13.8 Å². The average Bonchev–Trinajstić information content (AvgIpc) is 3.09. The van der Waals surface area contributed by atoms with Gasteiger partial charge in [0.2, 0.25) is 0 Å². The van der Waals surface area contributed by atoms with Gasteiger partial charge in [0, 0.05) is 18.6 Å². The summed E-state index contributed by atoms with van der Waals surface area (Å²) in [5.74, 6) is -0.414. The molecule has 110 valence electrons. The van der Waals surface area contributed by atoms with Crippen molar-refractivity contribution < 1.29 is 14.7 Å². The first-order valence-electron chi connectivity index (χ1n) is 7.12. The van der Waals surface area contributed by atoms with Gasteiger partial charge in [0.15, 0.2) is 0 Å². The molecule has 1 aliphatic carbocycles. The molecule has 0 bridgehead atoms. The van der Waals surface area contributed by atoms with E-state index in [4.69, 9.17) is 5.11 Å². The van der Waals surface area contributed by atoms with Crippen LogP contribution in [0, 0.1) is 5.92 Å². The van der Waals surface area contributed by atoms with Crippen LogP contribution in [0.2, 0.25) is 0 Å². The van der Waals surface area contributed by atoms with Crippen LogP contribution >= 0.6 is 0 Å². The standard InChI is InChI=1S/C14H26N2O3/c1-10(2)7-8-15(12-5-6-12)14(19)16(11(3)4)9-13(17)18/h10-12H,5-9H2,1-4H3,(H,17,18). The first kappa shape index (κ1) is 15.8. The van der Waals surface area contributed by atoms with Gasteiger partial charge in [-0.3, -0.25) is 4.79 Å². The Morgan fingerprint density at radius 1 is 1.21 bits per heavy atom. The van der Waals surface area contributed by atoms with Gasteiger partial charge in [0.1, 0.15) is 6.54 Å². The fraction of sp³-hybridized carbons (Fsp3) is 0.857. The van der Waals surface area contributed by atoms with Crippen molar-refractivity contribution in [3.63, 3.8) is 0 Å². The molecule has 1 aliphatic rings. The summed E-state index contributed by atoms with van der Waals surface area (Å²) in [4.78, 5) is 26.7. The van der Waals surface area contributed by atoms with Crippen LogP contribution in [0.25, 0.3) is 0 Å². The molecule has 0 aliphatic heterocycles. The van der Waals surface area contributed by atoms with Crippen LogP contribution in [0.1, 0.15) is 47.0 Å². The summed E-state index contributed by atoms with van der Waals surface area (Å²) in [6, 6.07) is 0.103. The monoisotopic (exact) mass is 270 g/mol. The molecule has 19 heavy (non-hydrogen) atoms. The van der Waals surface area contributed by atoms with Crippen molar-refractivity contribution in [3.8, 4) is 0 Å². The number of nitrogens with zero attached hydrogens (tertiary/aromatic N) is 2. The van der Waals surface area contributed by atoms with Gasteiger partial charge in [0.05, 0.1) is 0 Å². The lowest BCUT2D eigenvalue weighted by atomic mass is 10.1. The van der Waals surface area contributed by atoms with Gasteiger partial charge in [0.25, 0.3) is 0 Å². The molecule has 2 amide bonds. The predicted molar refractivity (Wildman–Crippen MR) is 74.1 cm³/mol. The normalized spacial score (nSPS) is 14.8. The van der Waals surface area contributed by atoms with Crippen molar-refractivity contribution in [2.75, 3.05) is 13.1 Å². The molecule has 0 aromatic rings. The number of amides is 2. The van der Waals surface area contributed by atoms with Gasteiger partial charge in [-0.25, -0.2) is 4.79 Å². The zero-order valence-corrected chi connectivity index (χ0v) is 12.4. The lowest BCUT2D eigenvalue weighted by Crippen LogP contribution is -2.49. The van der Waals surface area contributed by atoms with Crippen molar-refractivity contribution in [2.45, 2.75) is 59.0 Å². The first-order chi connectivity index (χ1) is 8.82. The summed E-state index contributed by atoms with van der Waals surface area (Å²) >= 11 is 0. The minimum absolute atomic E-state index is 0.0936. The first-order valence-corrected chi connectivity index (χ1v) is 7.12. The molecule has 0 saturated heterocycles. The van der Waals surface area contributed by atoms with Gasteiger partial charge in [-0.15, -0.1) is 0 Å². The number of aliphatic carboxylic acids is 1. The summed E-state index contributed by atoms with van der Waals surface area (Å²) in [5, 5.41) is 8.92. The van der Waals surface area contributed by atoms with E-state index in [0.717, 1.165) is 25.8 Å². The number of hydrogen-bond donors (Lipinski definition) is 1. The molecule has 0 unspecified atom stereocenters. The summed E-state index contributed by atoms with van der Waals surface area (Å²) in [6.45, 7) is 8.48. The summed E-state index contributed by atoms with van der Waals surface area (Å²) in [5.41, 5.74) is 0. The molecule has 1 saturated carbocycles. The highest BCUT2D eigenvalue weighted by molar-refractivity contribution is 5.80. The average molecular weight is 270 g/mol. The fourth-order valence-electron chi connectivity index (χ4n) is 2.00.